The Morgan fingerprint density at radius 3 is 2.86 bits per heavy atom. The molecule has 0 aliphatic carbocycles. The van der Waals surface area contributed by atoms with Gasteiger partial charge in [0.1, 0.15) is 10.8 Å². The maximum absolute atomic E-state index is 13.5. The van der Waals surface area contributed by atoms with Gasteiger partial charge in [-0.1, -0.05) is 23.7 Å². The zero-order valence-electron chi connectivity index (χ0n) is 14.7. The number of carbonyl (C=O) groups is 2. The Morgan fingerprint density at radius 1 is 1.29 bits per heavy atom. The third-order valence-corrected chi connectivity index (χ3v) is 5.30. The number of amides is 1. The van der Waals surface area contributed by atoms with E-state index in [1.807, 2.05) is 12.1 Å². The van der Waals surface area contributed by atoms with Gasteiger partial charge in [-0.15, -0.1) is 11.3 Å². The van der Waals surface area contributed by atoms with Crippen molar-refractivity contribution in [2.45, 2.75) is 19.3 Å². The highest BCUT2D eigenvalue weighted by Gasteiger charge is 2.13. The number of fused-ring (bicyclic) bond motifs is 1. The third kappa shape index (κ3) is 4.91. The number of halogens is 2. The van der Waals surface area contributed by atoms with Gasteiger partial charge in [0, 0.05) is 18.4 Å². The second-order valence-electron chi connectivity index (χ2n) is 6.07. The lowest BCUT2D eigenvalue weighted by Gasteiger charge is -2.04. The van der Waals surface area contributed by atoms with Gasteiger partial charge in [-0.2, -0.15) is 5.26 Å². The highest BCUT2D eigenvalue weighted by molar-refractivity contribution is 7.18. The van der Waals surface area contributed by atoms with E-state index in [0.29, 0.717) is 26.7 Å². The first-order valence-corrected chi connectivity index (χ1v) is 9.66. The molecule has 0 atom stereocenters. The van der Waals surface area contributed by atoms with Gasteiger partial charge in [0.15, 0.2) is 5.78 Å². The SMILES string of the molecule is N#CCCC(=O)CNC(=O)Cc1nc2cc(Cl)c(-c3cccc(F)c3)cc2s1. The van der Waals surface area contributed by atoms with Crippen molar-refractivity contribution < 1.29 is 14.0 Å². The second kappa shape index (κ2) is 8.91. The zero-order valence-corrected chi connectivity index (χ0v) is 16.2. The van der Waals surface area contributed by atoms with Crippen molar-refractivity contribution in [3.05, 3.63) is 52.2 Å². The molecule has 0 bridgehead atoms. The Kier molecular flexibility index (Phi) is 6.34. The lowest BCUT2D eigenvalue weighted by atomic mass is 10.1. The molecule has 0 aliphatic heterocycles. The van der Waals surface area contributed by atoms with Crippen molar-refractivity contribution in [1.29, 1.82) is 5.26 Å². The Hall–Kier alpha value is -2.82. The smallest absolute Gasteiger partial charge is 0.227 e. The molecule has 3 aromatic rings. The molecule has 2 aromatic carbocycles. The van der Waals surface area contributed by atoms with Gasteiger partial charge in [0.2, 0.25) is 5.91 Å². The summed E-state index contributed by atoms with van der Waals surface area (Å²) < 4.78 is 14.3. The molecule has 142 valence electrons. The van der Waals surface area contributed by atoms with E-state index in [0.717, 1.165) is 4.70 Å². The summed E-state index contributed by atoms with van der Waals surface area (Å²) in [6.45, 7) is -0.0963. The quantitative estimate of drug-likeness (QED) is 0.624. The van der Waals surface area contributed by atoms with E-state index in [1.54, 1.807) is 18.2 Å². The first-order valence-electron chi connectivity index (χ1n) is 8.46. The lowest BCUT2D eigenvalue weighted by molar-refractivity contribution is -0.124. The zero-order chi connectivity index (χ0) is 20.1. The molecule has 1 heterocycles. The molecule has 1 aromatic heterocycles. The summed E-state index contributed by atoms with van der Waals surface area (Å²) in [6.07, 6.45) is 0.304. The van der Waals surface area contributed by atoms with Crippen molar-refractivity contribution in [3.63, 3.8) is 0 Å². The summed E-state index contributed by atoms with van der Waals surface area (Å²) in [6, 6.07) is 11.6. The summed E-state index contributed by atoms with van der Waals surface area (Å²) in [7, 11) is 0. The molecule has 0 saturated carbocycles. The fourth-order valence-corrected chi connectivity index (χ4v) is 3.88. The van der Waals surface area contributed by atoms with Crippen molar-refractivity contribution in [1.82, 2.24) is 10.3 Å². The minimum Gasteiger partial charge on any atom is -0.349 e. The van der Waals surface area contributed by atoms with Crippen LogP contribution in [-0.4, -0.2) is 23.2 Å². The van der Waals surface area contributed by atoms with Crippen LogP contribution in [0.15, 0.2) is 36.4 Å². The monoisotopic (exact) mass is 415 g/mol. The van der Waals surface area contributed by atoms with E-state index in [4.69, 9.17) is 16.9 Å². The van der Waals surface area contributed by atoms with Crippen LogP contribution in [0.25, 0.3) is 21.3 Å². The number of Topliss-reactive ketones (excluding diaryl/α,β-unsaturated/α-hetero) is 1. The molecule has 1 N–H and O–H groups in total. The summed E-state index contributed by atoms with van der Waals surface area (Å²) in [5, 5.41) is 12.0. The highest BCUT2D eigenvalue weighted by Crippen LogP contribution is 2.34. The second-order valence-corrected chi connectivity index (χ2v) is 7.59. The number of nitrogens with zero attached hydrogens (tertiary/aromatic N) is 2. The predicted molar refractivity (Wildman–Crippen MR) is 107 cm³/mol. The Balaban J connectivity index is 1.73. The molecule has 0 saturated heterocycles. The number of thiazole rings is 1. The molecule has 1 amide bonds. The molecule has 0 unspecified atom stereocenters. The fraction of sp³-hybridized carbons (Fsp3) is 0.200. The van der Waals surface area contributed by atoms with Crippen LogP contribution in [0, 0.1) is 17.1 Å². The minimum absolute atomic E-state index is 0.0395. The van der Waals surface area contributed by atoms with Crippen LogP contribution in [0.4, 0.5) is 4.39 Å². The first kappa shape index (κ1) is 19.9. The number of nitrogens with one attached hydrogen (secondary N) is 1. The number of aromatic nitrogens is 1. The van der Waals surface area contributed by atoms with Gasteiger partial charge >= 0.3 is 0 Å². The molecule has 8 heteroatoms. The van der Waals surface area contributed by atoms with E-state index >= 15 is 0 Å². The number of hydrogen-bond acceptors (Lipinski definition) is 5. The minimum atomic E-state index is -0.348. The summed E-state index contributed by atoms with van der Waals surface area (Å²) in [5.74, 6) is -0.855. The molecule has 3 rings (SSSR count). The summed E-state index contributed by atoms with van der Waals surface area (Å²) >= 11 is 7.68. The largest absolute Gasteiger partial charge is 0.349 e. The van der Waals surface area contributed by atoms with E-state index < -0.39 is 0 Å². The average Bonchev–Trinajstić information content (AvgIpc) is 3.04. The van der Waals surface area contributed by atoms with Crippen LogP contribution in [0.3, 0.4) is 0 Å². The van der Waals surface area contributed by atoms with Crippen LogP contribution < -0.4 is 5.32 Å². The third-order valence-electron chi connectivity index (χ3n) is 3.97. The van der Waals surface area contributed by atoms with Crippen LogP contribution in [0.5, 0.6) is 0 Å². The van der Waals surface area contributed by atoms with Gasteiger partial charge in [-0.3, -0.25) is 9.59 Å². The summed E-state index contributed by atoms with van der Waals surface area (Å²) in [4.78, 5) is 28.0. The van der Waals surface area contributed by atoms with Gasteiger partial charge in [0.25, 0.3) is 0 Å². The van der Waals surface area contributed by atoms with Crippen LogP contribution in [0.1, 0.15) is 17.8 Å². The summed E-state index contributed by atoms with van der Waals surface area (Å²) in [5.41, 5.74) is 2.01. The van der Waals surface area contributed by atoms with Crippen molar-refractivity contribution in [3.8, 4) is 17.2 Å². The van der Waals surface area contributed by atoms with Crippen LogP contribution in [0.2, 0.25) is 5.02 Å². The van der Waals surface area contributed by atoms with Crippen molar-refractivity contribution in [2.75, 3.05) is 6.54 Å². The topological polar surface area (TPSA) is 82.9 Å². The van der Waals surface area contributed by atoms with Crippen LogP contribution >= 0.6 is 22.9 Å². The normalized spacial score (nSPS) is 10.6. The molecule has 0 fully saturated rings. The Bertz CT molecular complexity index is 1090. The Morgan fingerprint density at radius 2 is 2.11 bits per heavy atom. The standard InChI is InChI=1S/C20H15ClFN3O2S/c21-16-9-17-18(8-15(16)12-3-1-4-13(22)7-12)28-20(25-17)10-19(27)24-11-14(26)5-2-6-23/h1,3-4,7-9H,2,5,10-11H2,(H,24,27). The fourth-order valence-electron chi connectivity index (χ4n) is 2.63. The molecule has 5 nitrogen and oxygen atoms in total. The maximum atomic E-state index is 13.5. The molecule has 0 spiro atoms. The number of benzene rings is 2. The first-order chi connectivity index (χ1) is 13.5. The average molecular weight is 416 g/mol. The molecular weight excluding hydrogens is 401 g/mol. The maximum Gasteiger partial charge on any atom is 0.227 e. The van der Waals surface area contributed by atoms with E-state index in [1.165, 1.54) is 23.5 Å². The predicted octanol–water partition coefficient (Wildman–Crippen LogP) is 4.29. The van der Waals surface area contributed by atoms with Crippen molar-refractivity contribution >= 4 is 44.8 Å². The molecule has 0 radical (unpaired) electrons. The number of hydrogen-bond donors (Lipinski definition) is 1. The van der Waals surface area contributed by atoms with Crippen LogP contribution in [-0.2, 0) is 16.0 Å². The number of carbonyl (C=O) groups excluding carboxylic acids is 2. The van der Waals surface area contributed by atoms with E-state index in [9.17, 15) is 14.0 Å². The number of ketones is 1. The Labute approximate surface area is 169 Å². The van der Waals surface area contributed by atoms with Gasteiger partial charge in [-0.05, 0) is 29.8 Å². The van der Waals surface area contributed by atoms with Gasteiger partial charge in [-0.25, -0.2) is 9.37 Å². The molecular formula is C20H15ClFN3O2S. The molecule has 0 aliphatic rings. The highest BCUT2D eigenvalue weighted by atomic mass is 35.5. The number of nitriles is 1. The van der Waals surface area contributed by atoms with Crippen molar-refractivity contribution in [2.24, 2.45) is 0 Å². The van der Waals surface area contributed by atoms with Gasteiger partial charge < -0.3 is 5.32 Å². The lowest BCUT2D eigenvalue weighted by Crippen LogP contribution is -2.30. The van der Waals surface area contributed by atoms with E-state index in [-0.39, 0.29) is 43.3 Å². The number of rotatable bonds is 7. The molecule has 28 heavy (non-hydrogen) atoms. The van der Waals surface area contributed by atoms with Gasteiger partial charge in [0.05, 0.1) is 34.3 Å². The van der Waals surface area contributed by atoms with E-state index in [2.05, 4.69) is 10.3 Å².